The molecule has 5 heteroatoms. The van der Waals surface area contributed by atoms with Gasteiger partial charge >= 0.3 is 0 Å². The summed E-state index contributed by atoms with van der Waals surface area (Å²) in [5.74, 6) is 0.809. The van der Waals surface area contributed by atoms with Crippen LogP contribution in [0, 0.1) is 5.92 Å². The molecule has 0 N–H and O–H groups in total. The summed E-state index contributed by atoms with van der Waals surface area (Å²) in [5, 5.41) is 0. The Morgan fingerprint density at radius 2 is 2.06 bits per heavy atom. The highest BCUT2D eigenvalue weighted by Crippen LogP contribution is 2.19. The van der Waals surface area contributed by atoms with Crippen LogP contribution in [0.25, 0.3) is 0 Å². The fourth-order valence-corrected chi connectivity index (χ4v) is 3.80. The van der Waals surface area contributed by atoms with E-state index in [1.165, 1.54) is 0 Å². The fraction of sp³-hybridized carbons (Fsp3) is 0.909. The van der Waals surface area contributed by atoms with Crippen LogP contribution in [0.4, 0.5) is 0 Å². The molecule has 0 radical (unpaired) electrons. The van der Waals surface area contributed by atoms with Gasteiger partial charge in [0.1, 0.15) is 0 Å². The van der Waals surface area contributed by atoms with Crippen molar-refractivity contribution >= 4 is 15.7 Å². The number of carbonyl (C=O) groups is 1. The van der Waals surface area contributed by atoms with E-state index >= 15 is 0 Å². The molecule has 1 aliphatic rings. The number of sulfone groups is 1. The van der Waals surface area contributed by atoms with Gasteiger partial charge in [0, 0.05) is 19.0 Å². The van der Waals surface area contributed by atoms with E-state index in [0.717, 1.165) is 0 Å². The maximum absolute atomic E-state index is 11.8. The molecule has 94 valence electrons. The Kier molecular flexibility index (Phi) is 4.35. The summed E-state index contributed by atoms with van der Waals surface area (Å²) in [6.45, 7) is 6.56. The van der Waals surface area contributed by atoms with Gasteiger partial charge in [-0.25, -0.2) is 8.42 Å². The molecule has 1 fully saturated rings. The van der Waals surface area contributed by atoms with Gasteiger partial charge in [-0.3, -0.25) is 4.79 Å². The third-order valence-corrected chi connectivity index (χ3v) is 4.58. The van der Waals surface area contributed by atoms with Crippen molar-refractivity contribution < 1.29 is 13.2 Å². The van der Waals surface area contributed by atoms with Gasteiger partial charge in [0.2, 0.25) is 5.91 Å². The maximum Gasteiger partial charge on any atom is 0.222 e. The highest BCUT2D eigenvalue weighted by atomic mass is 32.2. The van der Waals surface area contributed by atoms with Crippen LogP contribution < -0.4 is 0 Å². The second kappa shape index (κ2) is 5.17. The van der Waals surface area contributed by atoms with Crippen molar-refractivity contribution in [2.45, 2.75) is 39.7 Å². The minimum atomic E-state index is -2.91. The van der Waals surface area contributed by atoms with E-state index in [-0.39, 0.29) is 23.5 Å². The number of rotatable bonds is 4. The summed E-state index contributed by atoms with van der Waals surface area (Å²) in [6.07, 6.45) is 1.05. The number of amides is 1. The van der Waals surface area contributed by atoms with E-state index in [9.17, 15) is 13.2 Å². The zero-order valence-corrected chi connectivity index (χ0v) is 11.1. The molecule has 4 nitrogen and oxygen atoms in total. The summed E-state index contributed by atoms with van der Waals surface area (Å²) >= 11 is 0. The molecule has 1 aliphatic heterocycles. The molecule has 0 aromatic carbocycles. The van der Waals surface area contributed by atoms with Crippen molar-refractivity contribution in [2.24, 2.45) is 5.92 Å². The van der Waals surface area contributed by atoms with Crippen LogP contribution in [0.15, 0.2) is 0 Å². The van der Waals surface area contributed by atoms with Crippen LogP contribution in [-0.4, -0.2) is 43.3 Å². The molecule has 0 aliphatic carbocycles. The first kappa shape index (κ1) is 13.5. The lowest BCUT2D eigenvalue weighted by Gasteiger charge is -2.29. The van der Waals surface area contributed by atoms with Gasteiger partial charge in [0.25, 0.3) is 0 Å². The molecule has 1 saturated heterocycles. The lowest BCUT2D eigenvalue weighted by Crippen LogP contribution is -2.42. The van der Waals surface area contributed by atoms with E-state index in [4.69, 9.17) is 0 Å². The summed E-state index contributed by atoms with van der Waals surface area (Å²) in [7, 11) is -2.91. The van der Waals surface area contributed by atoms with Gasteiger partial charge in [0.15, 0.2) is 9.84 Å². The Labute approximate surface area is 97.9 Å². The SMILES string of the molecule is CCC(=O)N(CC(C)C)[C@@H]1CCS(=O)(=O)C1. The minimum absolute atomic E-state index is 0.0656. The first-order valence-electron chi connectivity index (χ1n) is 5.85. The molecule has 1 amide bonds. The van der Waals surface area contributed by atoms with Crippen molar-refractivity contribution in [1.82, 2.24) is 4.90 Å². The molecule has 0 unspecified atom stereocenters. The van der Waals surface area contributed by atoms with Gasteiger partial charge in [0.05, 0.1) is 11.5 Å². The van der Waals surface area contributed by atoms with E-state index in [0.29, 0.717) is 25.3 Å². The Balaban J connectivity index is 2.74. The molecule has 1 rings (SSSR count). The van der Waals surface area contributed by atoms with Crippen molar-refractivity contribution in [2.75, 3.05) is 18.1 Å². The average molecular weight is 247 g/mol. The zero-order chi connectivity index (χ0) is 12.3. The van der Waals surface area contributed by atoms with Crippen molar-refractivity contribution in [3.05, 3.63) is 0 Å². The van der Waals surface area contributed by atoms with Crippen molar-refractivity contribution in [3.63, 3.8) is 0 Å². The maximum atomic E-state index is 11.8. The van der Waals surface area contributed by atoms with Gasteiger partial charge in [-0.15, -0.1) is 0 Å². The molecule has 0 spiro atoms. The number of nitrogens with zero attached hydrogens (tertiary/aromatic N) is 1. The van der Waals surface area contributed by atoms with Crippen molar-refractivity contribution in [1.29, 1.82) is 0 Å². The van der Waals surface area contributed by atoms with Gasteiger partial charge in [-0.2, -0.15) is 0 Å². The molecule has 0 aromatic rings. The highest BCUT2D eigenvalue weighted by molar-refractivity contribution is 7.91. The molecular weight excluding hydrogens is 226 g/mol. The van der Waals surface area contributed by atoms with Crippen LogP contribution in [0.3, 0.4) is 0 Å². The Morgan fingerprint density at radius 1 is 1.44 bits per heavy atom. The first-order chi connectivity index (χ1) is 7.35. The second-order valence-electron chi connectivity index (χ2n) is 4.85. The quantitative estimate of drug-likeness (QED) is 0.746. The number of carbonyl (C=O) groups excluding carboxylic acids is 1. The third kappa shape index (κ3) is 3.47. The zero-order valence-electron chi connectivity index (χ0n) is 10.3. The standard InChI is InChI=1S/C11H21NO3S/c1-4-11(13)12(7-9(2)3)10-5-6-16(14,15)8-10/h9-10H,4-8H2,1-3H3/t10-/m1/s1. The van der Waals surface area contributed by atoms with Gasteiger partial charge < -0.3 is 4.90 Å². The Hall–Kier alpha value is -0.580. The monoisotopic (exact) mass is 247 g/mol. The average Bonchev–Trinajstić information content (AvgIpc) is 2.53. The predicted molar refractivity (Wildman–Crippen MR) is 63.9 cm³/mol. The number of hydrogen-bond donors (Lipinski definition) is 0. The lowest BCUT2D eigenvalue weighted by atomic mass is 10.1. The largest absolute Gasteiger partial charge is 0.338 e. The highest BCUT2D eigenvalue weighted by Gasteiger charge is 2.34. The van der Waals surface area contributed by atoms with Crippen LogP contribution in [0.1, 0.15) is 33.6 Å². The third-order valence-electron chi connectivity index (χ3n) is 2.83. The normalized spacial score (nSPS) is 23.6. The lowest BCUT2D eigenvalue weighted by molar-refractivity contribution is -0.133. The summed E-state index contributed by atoms with van der Waals surface area (Å²) in [5.41, 5.74) is 0. The van der Waals surface area contributed by atoms with E-state index in [1.54, 1.807) is 4.90 Å². The van der Waals surface area contributed by atoms with Crippen LogP contribution in [0.5, 0.6) is 0 Å². The van der Waals surface area contributed by atoms with Crippen LogP contribution in [0.2, 0.25) is 0 Å². The fourth-order valence-electron chi connectivity index (χ4n) is 2.07. The molecule has 0 saturated carbocycles. The van der Waals surface area contributed by atoms with E-state index in [1.807, 2.05) is 20.8 Å². The molecule has 0 bridgehead atoms. The minimum Gasteiger partial charge on any atom is -0.338 e. The number of hydrogen-bond acceptors (Lipinski definition) is 3. The molecule has 16 heavy (non-hydrogen) atoms. The Morgan fingerprint density at radius 3 is 2.44 bits per heavy atom. The van der Waals surface area contributed by atoms with E-state index in [2.05, 4.69) is 0 Å². The van der Waals surface area contributed by atoms with Crippen LogP contribution in [-0.2, 0) is 14.6 Å². The first-order valence-corrected chi connectivity index (χ1v) is 7.67. The summed E-state index contributed by atoms with van der Waals surface area (Å²) < 4.78 is 22.8. The van der Waals surface area contributed by atoms with E-state index < -0.39 is 9.84 Å². The van der Waals surface area contributed by atoms with Gasteiger partial charge in [-0.1, -0.05) is 20.8 Å². The molecule has 1 atom stereocenters. The predicted octanol–water partition coefficient (Wildman–Crippen LogP) is 1.07. The van der Waals surface area contributed by atoms with Gasteiger partial charge in [-0.05, 0) is 12.3 Å². The van der Waals surface area contributed by atoms with Crippen LogP contribution >= 0.6 is 0 Å². The smallest absolute Gasteiger partial charge is 0.222 e. The second-order valence-corrected chi connectivity index (χ2v) is 7.08. The molecular formula is C11H21NO3S. The van der Waals surface area contributed by atoms with Crippen molar-refractivity contribution in [3.8, 4) is 0 Å². The summed E-state index contributed by atoms with van der Waals surface area (Å²) in [6, 6.07) is -0.0974. The summed E-state index contributed by atoms with van der Waals surface area (Å²) in [4.78, 5) is 13.5. The topological polar surface area (TPSA) is 54.5 Å². The Bertz CT molecular complexity index is 348. The molecule has 1 heterocycles. The molecule has 0 aromatic heterocycles.